The van der Waals surface area contributed by atoms with Gasteiger partial charge in [0, 0.05) is 18.5 Å². The molecule has 0 atom stereocenters. The summed E-state index contributed by atoms with van der Waals surface area (Å²) >= 11 is 0. The van der Waals surface area contributed by atoms with Crippen LogP contribution >= 0.6 is 0 Å². The SMILES string of the molecule is CCCN(CC)C(=O)c1n[nH]c2ccccc12. The minimum atomic E-state index is 0.00630. The van der Waals surface area contributed by atoms with Crippen molar-refractivity contribution in [2.75, 3.05) is 13.1 Å². The molecule has 4 nitrogen and oxygen atoms in total. The highest BCUT2D eigenvalue weighted by molar-refractivity contribution is 6.04. The number of aromatic nitrogens is 2. The zero-order valence-electron chi connectivity index (χ0n) is 10.2. The van der Waals surface area contributed by atoms with Gasteiger partial charge in [0.25, 0.3) is 5.91 Å². The number of hydrogen-bond acceptors (Lipinski definition) is 2. The van der Waals surface area contributed by atoms with E-state index in [0.717, 1.165) is 23.9 Å². The van der Waals surface area contributed by atoms with Crippen molar-refractivity contribution in [1.29, 1.82) is 0 Å². The number of nitrogens with one attached hydrogen (secondary N) is 1. The molecule has 1 N–H and O–H groups in total. The van der Waals surface area contributed by atoms with Crippen LogP contribution in [0.5, 0.6) is 0 Å². The van der Waals surface area contributed by atoms with E-state index in [1.165, 1.54) is 0 Å². The third-order valence-electron chi connectivity index (χ3n) is 2.84. The highest BCUT2D eigenvalue weighted by Crippen LogP contribution is 2.16. The molecule has 90 valence electrons. The van der Waals surface area contributed by atoms with E-state index in [2.05, 4.69) is 17.1 Å². The van der Waals surface area contributed by atoms with Gasteiger partial charge >= 0.3 is 0 Å². The summed E-state index contributed by atoms with van der Waals surface area (Å²) in [6.07, 6.45) is 0.960. The second-order valence-corrected chi connectivity index (χ2v) is 4.00. The number of benzene rings is 1. The Balaban J connectivity index is 2.36. The molecule has 1 amide bonds. The maximum atomic E-state index is 12.3. The Labute approximate surface area is 101 Å². The summed E-state index contributed by atoms with van der Waals surface area (Å²) in [5.74, 6) is 0.00630. The van der Waals surface area contributed by atoms with Crippen molar-refractivity contribution in [3.8, 4) is 0 Å². The molecule has 4 heteroatoms. The topological polar surface area (TPSA) is 49.0 Å². The van der Waals surface area contributed by atoms with Gasteiger partial charge in [-0.15, -0.1) is 0 Å². The van der Waals surface area contributed by atoms with Crippen molar-refractivity contribution >= 4 is 16.8 Å². The molecule has 0 spiro atoms. The number of hydrogen-bond donors (Lipinski definition) is 1. The number of para-hydroxylation sites is 1. The van der Waals surface area contributed by atoms with Crippen LogP contribution in [0.2, 0.25) is 0 Å². The van der Waals surface area contributed by atoms with Gasteiger partial charge in [-0.25, -0.2) is 0 Å². The third kappa shape index (κ3) is 2.16. The summed E-state index contributed by atoms with van der Waals surface area (Å²) in [7, 11) is 0. The Morgan fingerprint density at radius 2 is 2.12 bits per heavy atom. The van der Waals surface area contributed by atoms with Crippen LogP contribution in [-0.4, -0.2) is 34.1 Å². The van der Waals surface area contributed by atoms with Crippen LogP contribution in [0, 0.1) is 0 Å². The third-order valence-corrected chi connectivity index (χ3v) is 2.84. The van der Waals surface area contributed by atoms with Crippen LogP contribution in [0.4, 0.5) is 0 Å². The monoisotopic (exact) mass is 231 g/mol. The van der Waals surface area contributed by atoms with Crippen molar-refractivity contribution in [2.45, 2.75) is 20.3 Å². The maximum absolute atomic E-state index is 12.3. The van der Waals surface area contributed by atoms with Gasteiger partial charge in [-0.1, -0.05) is 25.1 Å². The number of carbonyl (C=O) groups is 1. The minimum absolute atomic E-state index is 0.00630. The zero-order valence-corrected chi connectivity index (χ0v) is 10.2. The van der Waals surface area contributed by atoms with E-state index in [4.69, 9.17) is 0 Å². The Bertz CT molecular complexity index is 518. The molecule has 1 heterocycles. The Morgan fingerprint density at radius 1 is 1.35 bits per heavy atom. The molecule has 0 bridgehead atoms. The molecular formula is C13H17N3O. The molecule has 0 aliphatic rings. The molecule has 0 saturated heterocycles. The fourth-order valence-corrected chi connectivity index (χ4v) is 1.95. The first-order chi connectivity index (χ1) is 8.27. The number of amides is 1. The normalized spacial score (nSPS) is 10.7. The number of fused-ring (bicyclic) bond motifs is 1. The van der Waals surface area contributed by atoms with Gasteiger partial charge in [0.05, 0.1) is 5.52 Å². The van der Waals surface area contributed by atoms with Crippen LogP contribution in [0.1, 0.15) is 30.8 Å². The molecule has 17 heavy (non-hydrogen) atoms. The molecule has 0 fully saturated rings. The average Bonchev–Trinajstić information content (AvgIpc) is 2.79. The van der Waals surface area contributed by atoms with E-state index in [-0.39, 0.29) is 5.91 Å². The minimum Gasteiger partial charge on any atom is -0.338 e. The molecule has 2 rings (SSSR count). The van der Waals surface area contributed by atoms with Crippen molar-refractivity contribution in [2.24, 2.45) is 0 Å². The summed E-state index contributed by atoms with van der Waals surface area (Å²) in [5, 5.41) is 7.92. The van der Waals surface area contributed by atoms with E-state index < -0.39 is 0 Å². The molecule has 0 aliphatic carbocycles. The fraction of sp³-hybridized carbons (Fsp3) is 0.385. The Kier molecular flexibility index (Phi) is 3.42. The standard InChI is InChI=1S/C13H17N3O/c1-3-9-16(4-2)13(17)12-10-7-5-6-8-11(10)14-15-12/h5-8H,3-4,9H2,1-2H3,(H,14,15). The van der Waals surface area contributed by atoms with E-state index in [0.29, 0.717) is 12.2 Å². The van der Waals surface area contributed by atoms with Crippen LogP contribution in [0.15, 0.2) is 24.3 Å². The number of rotatable bonds is 4. The van der Waals surface area contributed by atoms with E-state index in [1.54, 1.807) is 0 Å². The summed E-state index contributed by atoms with van der Waals surface area (Å²) in [6.45, 7) is 5.55. The first-order valence-electron chi connectivity index (χ1n) is 6.00. The molecule has 0 radical (unpaired) electrons. The molecule has 0 aliphatic heterocycles. The number of nitrogens with zero attached hydrogens (tertiary/aromatic N) is 2. The molecular weight excluding hydrogens is 214 g/mol. The predicted octanol–water partition coefficient (Wildman–Crippen LogP) is 2.44. The molecule has 1 aromatic heterocycles. The summed E-state index contributed by atoms with van der Waals surface area (Å²) in [5.41, 5.74) is 1.43. The lowest BCUT2D eigenvalue weighted by molar-refractivity contribution is 0.0760. The van der Waals surface area contributed by atoms with Gasteiger partial charge in [0.15, 0.2) is 5.69 Å². The van der Waals surface area contributed by atoms with Gasteiger partial charge in [0.2, 0.25) is 0 Å². The quantitative estimate of drug-likeness (QED) is 0.878. The lowest BCUT2D eigenvalue weighted by Gasteiger charge is -2.18. The highest BCUT2D eigenvalue weighted by Gasteiger charge is 2.18. The predicted molar refractivity (Wildman–Crippen MR) is 68.0 cm³/mol. The van der Waals surface area contributed by atoms with Crippen LogP contribution < -0.4 is 0 Å². The molecule has 0 saturated carbocycles. The van der Waals surface area contributed by atoms with Gasteiger partial charge in [-0.3, -0.25) is 9.89 Å². The Morgan fingerprint density at radius 3 is 2.82 bits per heavy atom. The maximum Gasteiger partial charge on any atom is 0.274 e. The van der Waals surface area contributed by atoms with Gasteiger partial charge in [-0.2, -0.15) is 5.10 Å². The van der Waals surface area contributed by atoms with Gasteiger partial charge in [-0.05, 0) is 19.4 Å². The van der Waals surface area contributed by atoms with Gasteiger partial charge in [0.1, 0.15) is 0 Å². The lowest BCUT2D eigenvalue weighted by Crippen LogP contribution is -2.31. The lowest BCUT2D eigenvalue weighted by atomic mass is 10.2. The smallest absolute Gasteiger partial charge is 0.274 e. The molecule has 2 aromatic rings. The van der Waals surface area contributed by atoms with E-state index in [1.807, 2.05) is 36.1 Å². The fourth-order valence-electron chi connectivity index (χ4n) is 1.95. The zero-order chi connectivity index (χ0) is 12.3. The molecule has 0 unspecified atom stereocenters. The largest absolute Gasteiger partial charge is 0.338 e. The van der Waals surface area contributed by atoms with Crippen LogP contribution in [0.3, 0.4) is 0 Å². The van der Waals surface area contributed by atoms with Crippen molar-refractivity contribution < 1.29 is 4.79 Å². The number of aromatic amines is 1. The second-order valence-electron chi connectivity index (χ2n) is 4.00. The summed E-state index contributed by atoms with van der Waals surface area (Å²) < 4.78 is 0. The number of H-pyrrole nitrogens is 1. The van der Waals surface area contributed by atoms with Crippen LogP contribution in [0.25, 0.3) is 10.9 Å². The molecule has 1 aromatic carbocycles. The Hall–Kier alpha value is -1.84. The highest BCUT2D eigenvalue weighted by atomic mass is 16.2. The summed E-state index contributed by atoms with van der Waals surface area (Å²) in [4.78, 5) is 14.1. The average molecular weight is 231 g/mol. The van der Waals surface area contributed by atoms with Crippen molar-refractivity contribution in [3.63, 3.8) is 0 Å². The second kappa shape index (κ2) is 4.99. The summed E-state index contributed by atoms with van der Waals surface area (Å²) in [6, 6.07) is 7.70. The van der Waals surface area contributed by atoms with E-state index in [9.17, 15) is 4.79 Å². The van der Waals surface area contributed by atoms with Crippen molar-refractivity contribution in [3.05, 3.63) is 30.0 Å². The first-order valence-corrected chi connectivity index (χ1v) is 6.00. The van der Waals surface area contributed by atoms with Gasteiger partial charge < -0.3 is 4.90 Å². The number of carbonyl (C=O) groups excluding carboxylic acids is 1. The van der Waals surface area contributed by atoms with E-state index >= 15 is 0 Å². The van der Waals surface area contributed by atoms with Crippen LogP contribution in [-0.2, 0) is 0 Å². The van der Waals surface area contributed by atoms with Crippen molar-refractivity contribution in [1.82, 2.24) is 15.1 Å². The first kappa shape index (κ1) is 11.6.